The van der Waals surface area contributed by atoms with Crippen molar-refractivity contribution in [3.05, 3.63) is 42.4 Å². The topological polar surface area (TPSA) is 73.8 Å². The molecule has 2 aromatic rings. The van der Waals surface area contributed by atoms with Gasteiger partial charge in [0, 0.05) is 18.9 Å². The van der Waals surface area contributed by atoms with Crippen LogP contribution in [0.1, 0.15) is 23.2 Å². The molecule has 0 radical (unpaired) electrons. The predicted octanol–water partition coefficient (Wildman–Crippen LogP) is 2.18. The molecule has 0 spiro atoms. The van der Waals surface area contributed by atoms with Gasteiger partial charge in [0.15, 0.2) is 11.5 Å². The van der Waals surface area contributed by atoms with Crippen LogP contribution in [0.3, 0.4) is 0 Å². The largest absolute Gasteiger partial charge is 0.493 e. The van der Waals surface area contributed by atoms with Gasteiger partial charge in [0.1, 0.15) is 6.10 Å². The Morgan fingerprint density at radius 2 is 2.12 bits per heavy atom. The Hall–Kier alpha value is -2.83. The standard InChI is InChI=1S/C18H21N3O4/c1-23-15-7-3-6-14(17(15)24-2)18(22)21-10-4-5-13(12-21)25-16-11-19-8-9-20-16/h3,6-9,11,13H,4-5,10,12H2,1-2H3. The molecule has 0 N–H and O–H groups in total. The van der Waals surface area contributed by atoms with Crippen LogP contribution < -0.4 is 14.2 Å². The average Bonchev–Trinajstić information content (AvgIpc) is 2.67. The van der Waals surface area contributed by atoms with Crippen molar-refractivity contribution in [2.45, 2.75) is 18.9 Å². The third-order valence-corrected chi connectivity index (χ3v) is 4.13. The number of ether oxygens (including phenoxy) is 3. The van der Waals surface area contributed by atoms with Crippen LogP contribution in [0.2, 0.25) is 0 Å². The van der Waals surface area contributed by atoms with Gasteiger partial charge >= 0.3 is 0 Å². The van der Waals surface area contributed by atoms with E-state index in [1.54, 1.807) is 48.8 Å². The number of likely N-dealkylation sites (tertiary alicyclic amines) is 1. The van der Waals surface area contributed by atoms with Crippen molar-refractivity contribution in [3.63, 3.8) is 0 Å². The molecule has 0 bridgehead atoms. The van der Waals surface area contributed by atoms with Gasteiger partial charge in [-0.15, -0.1) is 0 Å². The lowest BCUT2D eigenvalue weighted by atomic mass is 10.1. The van der Waals surface area contributed by atoms with E-state index in [4.69, 9.17) is 14.2 Å². The predicted molar refractivity (Wildman–Crippen MR) is 91.1 cm³/mol. The summed E-state index contributed by atoms with van der Waals surface area (Å²) < 4.78 is 16.5. The Morgan fingerprint density at radius 3 is 2.84 bits per heavy atom. The number of aromatic nitrogens is 2. The Balaban J connectivity index is 1.74. The highest BCUT2D eigenvalue weighted by Gasteiger charge is 2.28. The number of nitrogens with zero attached hydrogens (tertiary/aromatic N) is 3. The first kappa shape index (κ1) is 17.0. The molecular formula is C18H21N3O4. The van der Waals surface area contributed by atoms with Crippen molar-refractivity contribution < 1.29 is 19.0 Å². The zero-order valence-corrected chi connectivity index (χ0v) is 14.3. The van der Waals surface area contributed by atoms with Crippen molar-refractivity contribution in [3.8, 4) is 17.4 Å². The first-order valence-electron chi connectivity index (χ1n) is 8.16. The zero-order valence-electron chi connectivity index (χ0n) is 14.3. The van der Waals surface area contributed by atoms with Gasteiger partial charge in [-0.1, -0.05) is 6.07 Å². The number of para-hydroxylation sites is 1. The summed E-state index contributed by atoms with van der Waals surface area (Å²) >= 11 is 0. The van der Waals surface area contributed by atoms with Crippen molar-refractivity contribution in [2.75, 3.05) is 27.3 Å². The van der Waals surface area contributed by atoms with Crippen LogP contribution in [-0.4, -0.2) is 54.2 Å². The lowest BCUT2D eigenvalue weighted by Gasteiger charge is -2.33. The Labute approximate surface area is 146 Å². The van der Waals surface area contributed by atoms with Gasteiger partial charge in [0.25, 0.3) is 5.91 Å². The molecule has 1 saturated heterocycles. The number of benzene rings is 1. The summed E-state index contributed by atoms with van der Waals surface area (Å²) in [6.45, 7) is 1.18. The van der Waals surface area contributed by atoms with E-state index < -0.39 is 0 Å². The molecule has 0 aliphatic carbocycles. The van der Waals surface area contributed by atoms with E-state index in [0.29, 0.717) is 36.0 Å². The third-order valence-electron chi connectivity index (χ3n) is 4.13. The fourth-order valence-electron chi connectivity index (χ4n) is 2.96. The van der Waals surface area contributed by atoms with Gasteiger partial charge in [0.05, 0.1) is 32.5 Å². The number of hydrogen-bond acceptors (Lipinski definition) is 6. The number of carbonyl (C=O) groups is 1. The maximum atomic E-state index is 13.0. The van der Waals surface area contributed by atoms with Crippen LogP contribution in [0, 0.1) is 0 Å². The highest BCUT2D eigenvalue weighted by atomic mass is 16.5. The summed E-state index contributed by atoms with van der Waals surface area (Å²) in [5, 5.41) is 0. The quantitative estimate of drug-likeness (QED) is 0.828. The summed E-state index contributed by atoms with van der Waals surface area (Å²) in [5.74, 6) is 1.37. The molecule has 1 amide bonds. The maximum absolute atomic E-state index is 13.0. The van der Waals surface area contributed by atoms with Crippen molar-refractivity contribution in [1.29, 1.82) is 0 Å². The van der Waals surface area contributed by atoms with Gasteiger partial charge in [0.2, 0.25) is 5.88 Å². The summed E-state index contributed by atoms with van der Waals surface area (Å²) in [7, 11) is 3.09. The maximum Gasteiger partial charge on any atom is 0.257 e. The van der Waals surface area contributed by atoms with Gasteiger partial charge in [-0.05, 0) is 25.0 Å². The monoisotopic (exact) mass is 343 g/mol. The first-order chi connectivity index (χ1) is 12.2. The molecule has 1 aliphatic heterocycles. The minimum Gasteiger partial charge on any atom is -0.493 e. The molecular weight excluding hydrogens is 322 g/mol. The van der Waals surface area contributed by atoms with E-state index in [0.717, 1.165) is 12.8 Å². The molecule has 1 atom stereocenters. The molecule has 1 fully saturated rings. The molecule has 1 unspecified atom stereocenters. The average molecular weight is 343 g/mol. The van der Waals surface area contributed by atoms with Gasteiger partial charge in [-0.2, -0.15) is 0 Å². The normalized spacial score (nSPS) is 17.0. The molecule has 7 heteroatoms. The molecule has 132 valence electrons. The fraction of sp³-hybridized carbons (Fsp3) is 0.389. The second-order valence-corrected chi connectivity index (χ2v) is 5.72. The Morgan fingerprint density at radius 1 is 1.24 bits per heavy atom. The molecule has 7 nitrogen and oxygen atoms in total. The first-order valence-corrected chi connectivity index (χ1v) is 8.16. The van der Waals surface area contributed by atoms with Crippen molar-refractivity contribution >= 4 is 5.91 Å². The molecule has 1 aromatic heterocycles. The smallest absolute Gasteiger partial charge is 0.257 e. The number of rotatable bonds is 5. The molecule has 1 aromatic carbocycles. The molecule has 25 heavy (non-hydrogen) atoms. The molecule has 3 rings (SSSR count). The van der Waals surface area contributed by atoms with Crippen molar-refractivity contribution in [1.82, 2.24) is 14.9 Å². The highest BCUT2D eigenvalue weighted by molar-refractivity contribution is 5.97. The van der Waals surface area contributed by atoms with E-state index in [2.05, 4.69) is 9.97 Å². The second kappa shape index (κ2) is 7.83. The van der Waals surface area contributed by atoms with Crippen LogP contribution in [-0.2, 0) is 0 Å². The molecule has 1 aliphatic rings. The van der Waals surface area contributed by atoms with E-state index in [1.165, 1.54) is 7.11 Å². The van der Waals surface area contributed by atoms with Gasteiger partial charge in [-0.3, -0.25) is 9.78 Å². The highest BCUT2D eigenvalue weighted by Crippen LogP contribution is 2.32. The zero-order chi connectivity index (χ0) is 17.6. The van der Waals surface area contributed by atoms with E-state index in [9.17, 15) is 4.79 Å². The van der Waals surface area contributed by atoms with Crippen LogP contribution in [0.5, 0.6) is 17.4 Å². The summed E-state index contributed by atoms with van der Waals surface area (Å²) in [4.78, 5) is 22.9. The minimum absolute atomic E-state index is 0.0943. The summed E-state index contributed by atoms with van der Waals surface area (Å²) in [5.41, 5.74) is 0.488. The second-order valence-electron chi connectivity index (χ2n) is 5.72. The van der Waals surface area contributed by atoms with Gasteiger partial charge in [-0.25, -0.2) is 4.98 Å². The van der Waals surface area contributed by atoms with Gasteiger partial charge < -0.3 is 19.1 Å². The van der Waals surface area contributed by atoms with Crippen LogP contribution in [0.4, 0.5) is 0 Å². The Bertz CT molecular complexity index is 724. The Kier molecular flexibility index (Phi) is 5.33. The number of hydrogen-bond donors (Lipinski definition) is 0. The molecule has 2 heterocycles. The fourth-order valence-corrected chi connectivity index (χ4v) is 2.96. The number of carbonyl (C=O) groups excluding carboxylic acids is 1. The van der Waals surface area contributed by atoms with Crippen LogP contribution >= 0.6 is 0 Å². The number of amides is 1. The van der Waals surface area contributed by atoms with Crippen LogP contribution in [0.25, 0.3) is 0 Å². The number of methoxy groups -OCH3 is 2. The lowest BCUT2D eigenvalue weighted by molar-refractivity contribution is 0.0523. The number of piperidine rings is 1. The minimum atomic E-state index is -0.106. The summed E-state index contributed by atoms with van der Waals surface area (Å²) in [6, 6.07) is 5.30. The van der Waals surface area contributed by atoms with E-state index in [1.807, 2.05) is 0 Å². The SMILES string of the molecule is COc1cccc(C(=O)N2CCCC(Oc3cnccn3)C2)c1OC. The van der Waals surface area contributed by atoms with Crippen molar-refractivity contribution in [2.24, 2.45) is 0 Å². The van der Waals surface area contributed by atoms with E-state index >= 15 is 0 Å². The summed E-state index contributed by atoms with van der Waals surface area (Å²) in [6.07, 6.45) is 6.39. The third kappa shape index (κ3) is 3.81. The van der Waals surface area contributed by atoms with E-state index in [-0.39, 0.29) is 12.0 Å². The molecule has 0 saturated carbocycles. The lowest BCUT2D eigenvalue weighted by Crippen LogP contribution is -2.44. The van der Waals surface area contributed by atoms with Crippen LogP contribution in [0.15, 0.2) is 36.8 Å².